The Morgan fingerprint density at radius 2 is 1.85 bits per heavy atom. The molecule has 0 unspecified atom stereocenters. The summed E-state index contributed by atoms with van der Waals surface area (Å²) in [7, 11) is 0. The number of fused-ring (bicyclic) bond motifs is 1. The first-order valence-electron chi connectivity index (χ1n) is 8.96. The Kier molecular flexibility index (Phi) is 5.76. The van der Waals surface area contributed by atoms with Crippen molar-refractivity contribution in [3.63, 3.8) is 0 Å². The smallest absolute Gasteiger partial charge is 0.187 e. The molecule has 0 bridgehead atoms. The summed E-state index contributed by atoms with van der Waals surface area (Å²) >= 11 is 3.36. The molecule has 6 heteroatoms. The lowest BCUT2D eigenvalue weighted by molar-refractivity contribution is 0.239. The summed E-state index contributed by atoms with van der Waals surface area (Å²) in [5.41, 5.74) is 5.73. The molecule has 0 saturated heterocycles. The molecule has 0 N–H and O–H groups in total. The molecule has 1 aliphatic heterocycles. The van der Waals surface area contributed by atoms with Crippen LogP contribution in [0, 0.1) is 0 Å². The maximum absolute atomic E-state index is 4.89. The van der Waals surface area contributed by atoms with E-state index in [1.54, 1.807) is 23.5 Å². The predicted octanol–water partition coefficient (Wildman–Crippen LogP) is 4.54. The van der Waals surface area contributed by atoms with Crippen LogP contribution in [0.3, 0.4) is 0 Å². The Labute approximate surface area is 168 Å². The van der Waals surface area contributed by atoms with Gasteiger partial charge in [0.1, 0.15) is 0 Å². The molecule has 3 aromatic rings. The van der Waals surface area contributed by atoms with Crippen LogP contribution < -0.4 is 0 Å². The number of rotatable bonds is 5. The Hall–Kier alpha value is -1.89. The van der Waals surface area contributed by atoms with Gasteiger partial charge in [-0.2, -0.15) is 0 Å². The van der Waals surface area contributed by atoms with E-state index in [2.05, 4.69) is 63.6 Å². The van der Waals surface area contributed by atoms with Crippen LogP contribution in [0.1, 0.15) is 17.0 Å². The first-order chi connectivity index (χ1) is 13.2. The molecular weight excluding hydrogens is 372 g/mol. The van der Waals surface area contributed by atoms with Crippen molar-refractivity contribution in [3.8, 4) is 11.3 Å². The van der Waals surface area contributed by atoms with E-state index in [-0.39, 0.29) is 0 Å². The first kappa shape index (κ1) is 18.5. The van der Waals surface area contributed by atoms with E-state index < -0.39 is 0 Å². The van der Waals surface area contributed by atoms with Crippen LogP contribution in [0.4, 0.5) is 0 Å². The lowest BCUT2D eigenvalue weighted by Crippen LogP contribution is -2.31. The summed E-state index contributed by atoms with van der Waals surface area (Å²) in [6.07, 6.45) is 7.07. The van der Waals surface area contributed by atoms with Crippen LogP contribution in [-0.2, 0) is 19.5 Å². The second-order valence-electron chi connectivity index (χ2n) is 6.53. The summed E-state index contributed by atoms with van der Waals surface area (Å²) in [6, 6.07) is 14.9. The van der Waals surface area contributed by atoms with E-state index in [1.165, 1.54) is 16.2 Å². The van der Waals surface area contributed by atoms with Gasteiger partial charge in [0, 0.05) is 48.3 Å². The Morgan fingerprint density at radius 1 is 1.00 bits per heavy atom. The van der Waals surface area contributed by atoms with E-state index in [1.807, 2.05) is 12.5 Å². The zero-order valence-corrected chi connectivity index (χ0v) is 17.2. The number of benzene rings is 1. The monoisotopic (exact) mass is 394 g/mol. The summed E-state index contributed by atoms with van der Waals surface area (Å²) in [6.45, 7) is 2.74. The van der Waals surface area contributed by atoms with Crippen molar-refractivity contribution in [2.75, 3.05) is 19.1 Å². The van der Waals surface area contributed by atoms with Crippen molar-refractivity contribution in [1.82, 2.24) is 19.9 Å². The van der Waals surface area contributed by atoms with Crippen LogP contribution >= 0.6 is 23.5 Å². The quantitative estimate of drug-likeness (QED) is 0.467. The Bertz CT molecular complexity index is 928. The number of hydrogen-bond donors (Lipinski definition) is 0. The normalized spacial score (nSPS) is 14.1. The van der Waals surface area contributed by atoms with Crippen molar-refractivity contribution < 1.29 is 0 Å². The average Bonchev–Trinajstić information content (AvgIpc) is 2.73. The van der Waals surface area contributed by atoms with Gasteiger partial charge < -0.3 is 0 Å². The maximum atomic E-state index is 4.89. The highest BCUT2D eigenvalue weighted by atomic mass is 32.2. The van der Waals surface area contributed by atoms with Crippen molar-refractivity contribution in [3.05, 3.63) is 65.6 Å². The van der Waals surface area contributed by atoms with Gasteiger partial charge in [-0.1, -0.05) is 30.0 Å². The molecule has 0 atom stereocenters. The van der Waals surface area contributed by atoms with Gasteiger partial charge in [-0.25, -0.2) is 9.97 Å². The standard InChI is InChI=1S/C21H22N4S2/c1-26-18-8-6-15(7-9-18)19-5-3-4-17(23-19)14-25-11-10-20-16(13-25)12-22-21(24-20)27-2/h3-9,12H,10-11,13-14H2,1-2H3. The lowest BCUT2D eigenvalue weighted by atomic mass is 10.1. The van der Waals surface area contributed by atoms with Crippen LogP contribution in [0.25, 0.3) is 11.3 Å². The second-order valence-corrected chi connectivity index (χ2v) is 8.19. The van der Waals surface area contributed by atoms with E-state index in [0.717, 1.165) is 48.2 Å². The third-order valence-electron chi connectivity index (χ3n) is 4.75. The lowest BCUT2D eigenvalue weighted by Gasteiger charge is -2.27. The summed E-state index contributed by atoms with van der Waals surface area (Å²) < 4.78 is 0. The molecule has 3 heterocycles. The molecule has 138 valence electrons. The van der Waals surface area contributed by atoms with Gasteiger partial charge in [-0.3, -0.25) is 9.88 Å². The minimum absolute atomic E-state index is 0.848. The second kappa shape index (κ2) is 8.42. The van der Waals surface area contributed by atoms with Gasteiger partial charge in [0.15, 0.2) is 5.16 Å². The van der Waals surface area contributed by atoms with Crippen molar-refractivity contribution >= 4 is 23.5 Å². The molecule has 27 heavy (non-hydrogen) atoms. The zero-order chi connectivity index (χ0) is 18.6. The zero-order valence-electron chi connectivity index (χ0n) is 15.6. The topological polar surface area (TPSA) is 41.9 Å². The molecule has 0 radical (unpaired) electrons. The number of pyridine rings is 1. The third kappa shape index (κ3) is 4.34. The van der Waals surface area contributed by atoms with Crippen LogP contribution in [-0.4, -0.2) is 38.9 Å². The van der Waals surface area contributed by atoms with Gasteiger partial charge in [0.2, 0.25) is 0 Å². The predicted molar refractivity (Wildman–Crippen MR) is 113 cm³/mol. The van der Waals surface area contributed by atoms with Gasteiger partial charge >= 0.3 is 0 Å². The Balaban J connectivity index is 1.48. The highest BCUT2D eigenvalue weighted by Crippen LogP contribution is 2.23. The van der Waals surface area contributed by atoms with Gasteiger partial charge in [0.25, 0.3) is 0 Å². The SMILES string of the molecule is CSc1ccc(-c2cccc(CN3CCc4nc(SC)ncc4C3)n2)cc1. The van der Waals surface area contributed by atoms with E-state index in [0.29, 0.717) is 0 Å². The molecule has 4 rings (SSSR count). The molecule has 0 amide bonds. The fraction of sp³-hybridized carbons (Fsp3) is 0.286. The summed E-state index contributed by atoms with van der Waals surface area (Å²) in [5, 5.41) is 0.865. The first-order valence-corrected chi connectivity index (χ1v) is 11.4. The summed E-state index contributed by atoms with van der Waals surface area (Å²) in [4.78, 5) is 17.7. The molecule has 1 aliphatic rings. The van der Waals surface area contributed by atoms with Crippen LogP contribution in [0.2, 0.25) is 0 Å². The number of nitrogens with zero attached hydrogens (tertiary/aromatic N) is 4. The van der Waals surface area contributed by atoms with Crippen molar-refractivity contribution in [2.45, 2.75) is 29.6 Å². The molecular formula is C21H22N4S2. The average molecular weight is 395 g/mol. The van der Waals surface area contributed by atoms with E-state index >= 15 is 0 Å². The highest BCUT2D eigenvalue weighted by Gasteiger charge is 2.19. The fourth-order valence-electron chi connectivity index (χ4n) is 3.31. The minimum atomic E-state index is 0.848. The van der Waals surface area contributed by atoms with Crippen LogP contribution in [0.5, 0.6) is 0 Å². The minimum Gasteiger partial charge on any atom is -0.293 e. The molecule has 2 aromatic heterocycles. The molecule has 1 aromatic carbocycles. The fourth-order valence-corrected chi connectivity index (χ4v) is 4.08. The van der Waals surface area contributed by atoms with Crippen LogP contribution in [0.15, 0.2) is 58.7 Å². The Morgan fingerprint density at radius 3 is 2.63 bits per heavy atom. The highest BCUT2D eigenvalue weighted by molar-refractivity contribution is 7.98. The van der Waals surface area contributed by atoms with E-state index in [4.69, 9.17) is 4.98 Å². The molecule has 0 aliphatic carbocycles. The van der Waals surface area contributed by atoms with Crippen molar-refractivity contribution in [2.24, 2.45) is 0 Å². The molecule has 0 saturated carbocycles. The number of hydrogen-bond acceptors (Lipinski definition) is 6. The number of thioether (sulfide) groups is 2. The maximum Gasteiger partial charge on any atom is 0.187 e. The largest absolute Gasteiger partial charge is 0.293 e. The number of aromatic nitrogens is 3. The third-order valence-corrected chi connectivity index (χ3v) is 6.06. The molecule has 0 spiro atoms. The van der Waals surface area contributed by atoms with Gasteiger partial charge in [-0.05, 0) is 36.8 Å². The summed E-state index contributed by atoms with van der Waals surface area (Å²) in [5.74, 6) is 0. The van der Waals surface area contributed by atoms with E-state index in [9.17, 15) is 0 Å². The molecule has 4 nitrogen and oxygen atoms in total. The van der Waals surface area contributed by atoms with Gasteiger partial charge in [0.05, 0.1) is 17.1 Å². The molecule has 0 fully saturated rings. The van der Waals surface area contributed by atoms with Crippen molar-refractivity contribution in [1.29, 1.82) is 0 Å². The van der Waals surface area contributed by atoms with Gasteiger partial charge in [-0.15, -0.1) is 11.8 Å².